The van der Waals surface area contributed by atoms with Crippen molar-refractivity contribution in [2.24, 2.45) is 0 Å². The third-order valence-corrected chi connectivity index (χ3v) is 3.15. The van der Waals surface area contributed by atoms with Gasteiger partial charge in [-0.15, -0.1) is 11.3 Å². The van der Waals surface area contributed by atoms with Crippen LogP contribution in [0, 0.1) is 0 Å². The number of ether oxygens (including phenoxy) is 2. The van der Waals surface area contributed by atoms with E-state index in [-0.39, 0.29) is 0 Å². The Kier molecular flexibility index (Phi) is 6.56. The fourth-order valence-electron chi connectivity index (χ4n) is 1.39. The molecule has 0 saturated heterocycles. The number of thiazole rings is 1. The van der Waals surface area contributed by atoms with Gasteiger partial charge in [-0.1, -0.05) is 6.92 Å². The SMILES string of the molecule is CCCNCc1sc(COC)nc1COC. The zero-order valence-electron chi connectivity index (χ0n) is 10.2. The summed E-state index contributed by atoms with van der Waals surface area (Å²) in [6.07, 6.45) is 1.14. The van der Waals surface area contributed by atoms with Crippen LogP contribution in [0.2, 0.25) is 0 Å². The van der Waals surface area contributed by atoms with Crippen LogP contribution in [-0.2, 0) is 29.2 Å². The highest BCUT2D eigenvalue weighted by atomic mass is 32.1. The van der Waals surface area contributed by atoms with E-state index < -0.39 is 0 Å². The molecule has 1 N–H and O–H groups in total. The van der Waals surface area contributed by atoms with Gasteiger partial charge in [0.2, 0.25) is 0 Å². The van der Waals surface area contributed by atoms with Crippen LogP contribution in [0.5, 0.6) is 0 Å². The van der Waals surface area contributed by atoms with Gasteiger partial charge in [0.05, 0.1) is 18.9 Å². The van der Waals surface area contributed by atoms with Crippen LogP contribution in [0.4, 0.5) is 0 Å². The first-order valence-corrected chi connectivity index (χ1v) is 6.29. The number of methoxy groups -OCH3 is 2. The summed E-state index contributed by atoms with van der Waals surface area (Å²) in [5.41, 5.74) is 1.03. The van der Waals surface area contributed by atoms with Crippen LogP contribution in [0.25, 0.3) is 0 Å². The Hall–Kier alpha value is -0.490. The lowest BCUT2D eigenvalue weighted by atomic mass is 10.3. The normalized spacial score (nSPS) is 10.9. The van der Waals surface area contributed by atoms with Crippen LogP contribution in [-0.4, -0.2) is 25.7 Å². The molecule has 1 heterocycles. The fraction of sp³-hybridized carbons (Fsp3) is 0.727. The molecule has 0 fully saturated rings. The first-order chi connectivity index (χ1) is 7.81. The van der Waals surface area contributed by atoms with Crippen molar-refractivity contribution in [3.05, 3.63) is 15.6 Å². The molecule has 0 saturated carbocycles. The van der Waals surface area contributed by atoms with E-state index >= 15 is 0 Å². The molecule has 0 bridgehead atoms. The summed E-state index contributed by atoms with van der Waals surface area (Å²) in [7, 11) is 3.38. The summed E-state index contributed by atoms with van der Waals surface area (Å²) < 4.78 is 10.2. The van der Waals surface area contributed by atoms with E-state index in [0.717, 1.165) is 30.2 Å². The van der Waals surface area contributed by atoms with Crippen molar-refractivity contribution in [2.75, 3.05) is 20.8 Å². The minimum Gasteiger partial charge on any atom is -0.378 e. The third kappa shape index (κ3) is 4.17. The Labute approximate surface area is 101 Å². The average molecular weight is 244 g/mol. The van der Waals surface area contributed by atoms with Gasteiger partial charge in [-0.2, -0.15) is 0 Å². The van der Waals surface area contributed by atoms with Crippen molar-refractivity contribution >= 4 is 11.3 Å². The van der Waals surface area contributed by atoms with E-state index in [1.54, 1.807) is 25.6 Å². The van der Waals surface area contributed by atoms with Crippen molar-refractivity contribution in [3.8, 4) is 0 Å². The maximum absolute atomic E-state index is 5.14. The van der Waals surface area contributed by atoms with E-state index in [1.807, 2.05) is 0 Å². The van der Waals surface area contributed by atoms with Crippen LogP contribution in [0.15, 0.2) is 0 Å². The Morgan fingerprint density at radius 3 is 2.62 bits per heavy atom. The van der Waals surface area contributed by atoms with Gasteiger partial charge in [0, 0.05) is 25.6 Å². The molecule has 0 aliphatic carbocycles. The van der Waals surface area contributed by atoms with Gasteiger partial charge in [0.15, 0.2) is 0 Å². The Morgan fingerprint density at radius 1 is 1.25 bits per heavy atom. The van der Waals surface area contributed by atoms with Gasteiger partial charge >= 0.3 is 0 Å². The lowest BCUT2D eigenvalue weighted by Gasteiger charge is -2.02. The summed E-state index contributed by atoms with van der Waals surface area (Å²) in [4.78, 5) is 5.75. The molecule has 0 radical (unpaired) electrons. The molecule has 0 spiro atoms. The highest BCUT2D eigenvalue weighted by Crippen LogP contribution is 2.20. The molecule has 0 aliphatic rings. The molecule has 0 aromatic carbocycles. The number of aromatic nitrogens is 1. The lowest BCUT2D eigenvalue weighted by molar-refractivity contribution is 0.176. The molecule has 92 valence electrons. The van der Waals surface area contributed by atoms with Crippen LogP contribution >= 0.6 is 11.3 Å². The summed E-state index contributed by atoms with van der Waals surface area (Å²) in [6, 6.07) is 0. The lowest BCUT2D eigenvalue weighted by Crippen LogP contribution is -2.14. The summed E-state index contributed by atoms with van der Waals surface area (Å²) in [6.45, 7) is 5.21. The molecule has 16 heavy (non-hydrogen) atoms. The molecule has 0 amide bonds. The molecule has 4 nitrogen and oxygen atoms in total. The van der Waals surface area contributed by atoms with E-state index in [4.69, 9.17) is 9.47 Å². The van der Waals surface area contributed by atoms with Crippen molar-refractivity contribution in [1.82, 2.24) is 10.3 Å². The van der Waals surface area contributed by atoms with Crippen molar-refractivity contribution in [3.63, 3.8) is 0 Å². The van der Waals surface area contributed by atoms with Gasteiger partial charge in [-0.3, -0.25) is 0 Å². The number of hydrogen-bond donors (Lipinski definition) is 1. The fourth-order valence-corrected chi connectivity index (χ4v) is 2.40. The van der Waals surface area contributed by atoms with Crippen molar-refractivity contribution in [1.29, 1.82) is 0 Å². The highest BCUT2D eigenvalue weighted by Gasteiger charge is 2.10. The molecule has 1 aromatic rings. The van der Waals surface area contributed by atoms with Crippen molar-refractivity contribution < 1.29 is 9.47 Å². The van der Waals surface area contributed by atoms with Gasteiger partial charge in [0.25, 0.3) is 0 Å². The number of rotatable bonds is 8. The summed E-state index contributed by atoms with van der Waals surface area (Å²) in [5.74, 6) is 0. The minimum atomic E-state index is 0.573. The summed E-state index contributed by atoms with van der Waals surface area (Å²) in [5, 5.41) is 4.40. The topological polar surface area (TPSA) is 43.4 Å². The number of nitrogens with one attached hydrogen (secondary N) is 1. The Bertz CT molecular complexity index is 302. The largest absolute Gasteiger partial charge is 0.378 e. The van der Waals surface area contributed by atoms with Crippen molar-refractivity contribution in [2.45, 2.75) is 33.1 Å². The monoisotopic (exact) mass is 244 g/mol. The second-order valence-electron chi connectivity index (χ2n) is 3.52. The first-order valence-electron chi connectivity index (χ1n) is 5.47. The standard InChI is InChI=1S/C11H20N2O2S/c1-4-5-12-6-10-9(7-14-2)13-11(16-10)8-15-3/h12H,4-8H2,1-3H3. The zero-order chi connectivity index (χ0) is 11.8. The highest BCUT2D eigenvalue weighted by molar-refractivity contribution is 7.11. The van der Waals surface area contributed by atoms with Gasteiger partial charge in [-0.25, -0.2) is 4.98 Å². The van der Waals surface area contributed by atoms with Gasteiger partial charge in [0.1, 0.15) is 5.01 Å². The third-order valence-electron chi connectivity index (χ3n) is 2.08. The van der Waals surface area contributed by atoms with Crippen LogP contribution in [0.3, 0.4) is 0 Å². The molecule has 1 aromatic heterocycles. The Balaban J connectivity index is 2.62. The predicted octanol–water partition coefficient (Wildman–Crippen LogP) is 1.94. The predicted molar refractivity (Wildman–Crippen MR) is 65.5 cm³/mol. The van der Waals surface area contributed by atoms with Gasteiger partial charge in [-0.05, 0) is 13.0 Å². The molecular formula is C11H20N2O2S. The maximum atomic E-state index is 5.14. The van der Waals surface area contributed by atoms with E-state index in [0.29, 0.717) is 13.2 Å². The van der Waals surface area contributed by atoms with E-state index in [9.17, 15) is 0 Å². The second-order valence-corrected chi connectivity index (χ2v) is 4.69. The second kappa shape index (κ2) is 7.73. The smallest absolute Gasteiger partial charge is 0.119 e. The molecule has 0 unspecified atom stereocenters. The Morgan fingerprint density at radius 2 is 2.00 bits per heavy atom. The molecule has 0 atom stereocenters. The number of hydrogen-bond acceptors (Lipinski definition) is 5. The molecular weight excluding hydrogens is 224 g/mol. The number of nitrogens with zero attached hydrogens (tertiary/aromatic N) is 1. The quantitative estimate of drug-likeness (QED) is 0.710. The first kappa shape index (κ1) is 13.6. The van der Waals surface area contributed by atoms with Crippen LogP contribution < -0.4 is 5.32 Å². The molecule has 0 aliphatic heterocycles. The van der Waals surface area contributed by atoms with Gasteiger partial charge < -0.3 is 14.8 Å². The average Bonchev–Trinajstić information content (AvgIpc) is 2.63. The van der Waals surface area contributed by atoms with E-state index in [1.165, 1.54) is 4.88 Å². The zero-order valence-corrected chi connectivity index (χ0v) is 11.0. The minimum absolute atomic E-state index is 0.573. The van der Waals surface area contributed by atoms with E-state index in [2.05, 4.69) is 17.2 Å². The van der Waals surface area contributed by atoms with Crippen LogP contribution in [0.1, 0.15) is 28.9 Å². The summed E-state index contributed by atoms with van der Waals surface area (Å²) >= 11 is 1.70. The molecule has 5 heteroatoms. The maximum Gasteiger partial charge on any atom is 0.119 e. The molecule has 1 rings (SSSR count).